The van der Waals surface area contributed by atoms with E-state index in [0.29, 0.717) is 46.0 Å². The van der Waals surface area contributed by atoms with E-state index in [2.05, 4.69) is 63.5 Å². The van der Waals surface area contributed by atoms with Gasteiger partial charge in [0.1, 0.15) is 100 Å². The number of nitrogens with two attached hydrogens (primary N) is 1. The fourth-order valence-electron chi connectivity index (χ4n) is 15.3. The Hall–Kier alpha value is -10.3. The lowest BCUT2D eigenvalue weighted by atomic mass is 9.72. The van der Waals surface area contributed by atoms with Gasteiger partial charge in [0.15, 0.2) is 5.72 Å². The van der Waals surface area contributed by atoms with Crippen LogP contribution in [0.4, 0.5) is 15.3 Å². The average molecular weight is 1890 g/mol. The number of anilines is 1. The number of allylic oxidation sites excluding steroid dienone is 3. The van der Waals surface area contributed by atoms with Crippen molar-refractivity contribution in [3.05, 3.63) is 148 Å². The lowest BCUT2D eigenvalue weighted by molar-refractivity contribution is -0.328. The monoisotopic (exact) mass is 1880 g/mol. The van der Waals surface area contributed by atoms with Crippen LogP contribution in [-0.2, 0) is 97.4 Å². The van der Waals surface area contributed by atoms with Crippen molar-refractivity contribution in [2.45, 2.75) is 215 Å². The molecular formula is C88H118ClN15O21S4. The number of carbonyl (C=O) groups is 13. The molecule has 702 valence electrons. The Balaban J connectivity index is 0.948. The van der Waals surface area contributed by atoms with Crippen LogP contribution < -0.4 is 73.9 Å². The molecule has 17 N–H and O–H groups in total. The number of phenolic OH excluding ortho intramolecular Hbond substituents is 1. The average Bonchev–Trinajstić information content (AvgIpc) is 0.891. The zero-order valence-corrected chi connectivity index (χ0v) is 77.9. The quantitative estimate of drug-likeness (QED) is 0.0171. The number of nitrogens with zero attached hydrogens (tertiary/aromatic N) is 2. The standard InChI is InChI=1S/C88H118ClN15O21S4/c1-12-91-75(109)63(45-127-126-35-33-71(107)103(8)50(4)83(117)123-69-42-72(108)104(9)66-39-54(40-67(121-10)73(66)89)36-49(3)22-21-28-68(122-11)88(120)43-70(124-85(119)102-88)87(7)48-86(69,6)125-87)97-81(115)65-47-129-128-46-64(98-78(112)61(100-84(118)92-13-2)37-52-23-15-14-16-24-52)80(114)95-60(38-53-29-31-56(106)32-30-53)77(111)96-62(41-55-44-93-58-26-18-17-25-57(55)58)79(113)94-59(27-19-20-34-90)76(110)101-74(51(5)105)82(116)99-65/h14-18,21-26,28-32,39-40,44,50-51,59-65,68-70,74,93,105-106,120H,12-13,19-20,27,33-38,41-43,45-48,90H2,1-11H3,(H,91,109)(H,94,113)(H,95,114)(H,96,111)(H,97,115)(H,98,112)(H,99,116)(H,101,110)(H,102,119)(H2,92,100,118)/b28-21+,49-22+/t50-,51+,59-,60-,61+,62+,63-,64-,65-,68+,69-,70-,74-,86+,87?,88-/m0/s1. The van der Waals surface area contributed by atoms with Crippen LogP contribution >= 0.6 is 54.8 Å². The number of aliphatic hydroxyl groups excluding tert-OH is 1. The van der Waals surface area contributed by atoms with Gasteiger partial charge in [0.25, 0.3) is 0 Å². The molecule has 10 rings (SSSR count). The van der Waals surface area contributed by atoms with Crippen LogP contribution in [0.15, 0.2) is 121 Å². The first-order chi connectivity index (χ1) is 61.4. The maximum Gasteiger partial charge on any atom is 0.409 e. The smallest absolute Gasteiger partial charge is 0.409 e. The number of aliphatic hydroxyl groups is 2. The number of esters is 1. The van der Waals surface area contributed by atoms with E-state index in [-0.39, 0.29) is 116 Å². The fourth-order valence-corrected chi connectivity index (χ4v) is 20.1. The third-order valence-corrected chi connectivity index (χ3v) is 27.8. The van der Waals surface area contributed by atoms with Gasteiger partial charge in [0.05, 0.1) is 25.3 Å². The number of aromatic nitrogens is 1. The van der Waals surface area contributed by atoms with E-state index in [9.17, 15) is 58.5 Å². The molecule has 1 unspecified atom stereocenters. The molecule has 13 amide bonds. The van der Waals surface area contributed by atoms with Crippen molar-refractivity contribution in [1.29, 1.82) is 0 Å². The molecule has 41 heteroatoms. The summed E-state index contributed by atoms with van der Waals surface area (Å²) < 4.78 is 30.1. The molecule has 4 aromatic carbocycles. The Kier molecular flexibility index (Phi) is 38.1. The summed E-state index contributed by atoms with van der Waals surface area (Å²) in [7, 11) is 9.79. The summed E-state index contributed by atoms with van der Waals surface area (Å²) in [4.78, 5) is 195. The number of alkyl carbamates (subject to hydrolysis) is 1. The van der Waals surface area contributed by atoms with Crippen molar-refractivity contribution in [2.75, 3.05) is 75.9 Å². The summed E-state index contributed by atoms with van der Waals surface area (Å²) in [5, 5.41) is 64.2. The molecule has 0 spiro atoms. The molecule has 0 aliphatic carbocycles. The second-order valence-electron chi connectivity index (χ2n) is 32.6. The third-order valence-electron chi connectivity index (χ3n) is 22.6. The lowest BCUT2D eigenvalue weighted by Gasteiger charge is -2.59. The minimum absolute atomic E-state index is 0.0197. The lowest BCUT2D eigenvalue weighted by Crippen LogP contribution is -2.72. The van der Waals surface area contributed by atoms with Crippen LogP contribution in [0.1, 0.15) is 116 Å². The number of ether oxygens (including phenoxy) is 5. The van der Waals surface area contributed by atoms with Gasteiger partial charge in [-0.05, 0) is 133 Å². The molecule has 6 bridgehead atoms. The Morgan fingerprint density at radius 1 is 0.783 bits per heavy atom. The number of amides is 13. The number of phenols is 1. The van der Waals surface area contributed by atoms with Gasteiger partial charge in [-0.15, -0.1) is 0 Å². The van der Waals surface area contributed by atoms with Gasteiger partial charge >= 0.3 is 18.1 Å². The number of fused-ring (bicyclic) bond motifs is 7. The summed E-state index contributed by atoms with van der Waals surface area (Å²) >= 11 is 6.91. The zero-order chi connectivity index (χ0) is 94.0. The first kappa shape index (κ1) is 102. The normalized spacial score (nSPS) is 25.6. The molecule has 36 nitrogen and oxygen atoms in total. The number of unbranched alkanes of at least 4 members (excludes halogenated alkanes) is 1. The van der Waals surface area contributed by atoms with E-state index in [1.807, 2.05) is 6.92 Å². The molecule has 5 aromatic rings. The molecule has 0 radical (unpaired) electrons. The van der Waals surface area contributed by atoms with E-state index in [4.69, 9.17) is 41.0 Å². The summed E-state index contributed by atoms with van der Waals surface area (Å²) in [5.41, 5.74) is 5.32. The van der Waals surface area contributed by atoms with Crippen LogP contribution in [0.25, 0.3) is 10.9 Å². The van der Waals surface area contributed by atoms with Crippen molar-refractivity contribution >= 4 is 149 Å². The van der Waals surface area contributed by atoms with Crippen molar-refractivity contribution in [3.63, 3.8) is 0 Å². The predicted octanol–water partition coefficient (Wildman–Crippen LogP) is 4.47. The molecule has 3 fully saturated rings. The van der Waals surface area contributed by atoms with Crippen molar-refractivity contribution in [3.8, 4) is 11.5 Å². The summed E-state index contributed by atoms with van der Waals surface area (Å²) in [6.07, 6.45) is 0.126. The van der Waals surface area contributed by atoms with E-state index in [1.165, 1.54) is 76.2 Å². The topological polar surface area (TPSA) is 509 Å². The molecule has 6 heterocycles. The minimum atomic E-state index is -1.99. The van der Waals surface area contributed by atoms with Crippen LogP contribution in [-0.4, -0.2) is 269 Å². The van der Waals surface area contributed by atoms with Crippen molar-refractivity contribution in [2.24, 2.45) is 5.73 Å². The Morgan fingerprint density at radius 3 is 2.13 bits per heavy atom. The number of para-hydroxylation sites is 1. The van der Waals surface area contributed by atoms with E-state index < -0.39 is 179 Å². The highest BCUT2D eigenvalue weighted by atomic mass is 35.5. The number of nitrogens with one attached hydrogen (secondary N) is 12. The number of benzene rings is 4. The number of carbonyl (C=O) groups excluding carboxylic acids is 13. The highest BCUT2D eigenvalue weighted by Crippen LogP contribution is 2.51. The number of urea groups is 1. The molecule has 129 heavy (non-hydrogen) atoms. The molecular weight excluding hydrogens is 1770 g/mol. The molecule has 5 aliphatic rings. The van der Waals surface area contributed by atoms with Crippen LogP contribution in [0, 0.1) is 0 Å². The first-order valence-corrected chi connectivity index (χ1v) is 47.8. The minimum Gasteiger partial charge on any atom is -0.508 e. The van der Waals surface area contributed by atoms with Crippen LogP contribution in [0.3, 0.4) is 0 Å². The van der Waals surface area contributed by atoms with Gasteiger partial charge in [-0.3, -0.25) is 53.3 Å². The summed E-state index contributed by atoms with van der Waals surface area (Å²) in [6.45, 7) is 11.6. The van der Waals surface area contributed by atoms with Crippen molar-refractivity contribution in [1.82, 2.24) is 68.4 Å². The second-order valence-corrected chi connectivity index (χ2v) is 38.1. The van der Waals surface area contributed by atoms with E-state index in [0.717, 1.165) is 48.7 Å². The maximum atomic E-state index is 15.3. The van der Waals surface area contributed by atoms with E-state index in [1.54, 1.807) is 119 Å². The van der Waals surface area contributed by atoms with Crippen molar-refractivity contribution < 1.29 is 101 Å². The molecule has 3 saturated heterocycles. The summed E-state index contributed by atoms with van der Waals surface area (Å²) in [5.74, 6) is -9.89. The number of halogens is 1. The predicted molar refractivity (Wildman–Crippen MR) is 492 cm³/mol. The number of aromatic amines is 1. The van der Waals surface area contributed by atoms with Gasteiger partial charge in [0, 0.05) is 113 Å². The van der Waals surface area contributed by atoms with Crippen LogP contribution in [0.2, 0.25) is 5.02 Å². The Labute approximate surface area is 769 Å². The van der Waals surface area contributed by atoms with Gasteiger partial charge in [-0.1, -0.05) is 139 Å². The molecule has 0 saturated carbocycles. The number of hydrogen-bond donors (Lipinski definition) is 16. The largest absolute Gasteiger partial charge is 0.508 e. The molecule has 5 aliphatic heterocycles. The van der Waals surface area contributed by atoms with Gasteiger partial charge in [-0.2, -0.15) is 0 Å². The van der Waals surface area contributed by atoms with Gasteiger partial charge in [-0.25, -0.2) is 14.4 Å². The number of hydrogen-bond acceptors (Lipinski definition) is 26. The maximum absolute atomic E-state index is 15.3. The van der Waals surface area contributed by atoms with Gasteiger partial charge < -0.3 is 113 Å². The number of likely N-dealkylation sites (N-methyl/N-ethyl adjacent to an activating group) is 2. The number of rotatable bonds is 30. The van der Waals surface area contributed by atoms with E-state index >= 15 is 19.2 Å². The Bertz CT molecular complexity index is 4860. The number of H-pyrrole nitrogens is 1. The highest BCUT2D eigenvalue weighted by Gasteiger charge is 2.64. The fraction of sp³-hybridized carbons (Fsp3) is 0.511. The molecule has 16 atom stereocenters. The van der Waals surface area contributed by atoms with Crippen LogP contribution in [0.5, 0.6) is 11.5 Å². The second kappa shape index (κ2) is 48.0. The Morgan fingerprint density at radius 2 is 1.45 bits per heavy atom. The molecule has 1 aromatic heterocycles. The van der Waals surface area contributed by atoms with Gasteiger partial charge in [0.2, 0.25) is 59.1 Å². The first-order valence-electron chi connectivity index (χ1n) is 42.5. The zero-order valence-electron chi connectivity index (χ0n) is 73.9. The third kappa shape index (κ3) is 28.4. The SMILES string of the molecule is CCNC(=O)N[C@H](Cc1ccccc1)C(=O)N[C@H]1CSSC[C@@H](C(=O)N[C@@H](CSSCCC(=O)N(C)[C@@H](C)C(=O)O[C@H]2CC(=O)N(C)c3cc(cc(OC)c3Cl)C/C(C)=C/C=C/[C@@H](OC)[C@@]3(O)C[C@H](OC(=O)N3)C3(C)C[C@@]2(C)O3)C(=O)NCC)NC(=O)[C@H]([C@@H](C)O)NC(=O)[C@H](CCCCN)NC(=O)[C@@H](Cc2c[nH]c3ccccc23)NC(=O)[C@H](Cc2ccc(O)cc2)NC1=O. The number of aromatic hydroxyl groups is 1. The highest BCUT2D eigenvalue weighted by molar-refractivity contribution is 8.77. The number of methoxy groups -OCH3 is 2. The summed E-state index contributed by atoms with van der Waals surface area (Å²) in [6, 6.07) is 10.9.